The number of nitrogens with one attached hydrogen (secondary N) is 1. The second-order valence-electron chi connectivity index (χ2n) is 7.68. The Morgan fingerprint density at radius 1 is 0.875 bits per heavy atom. The van der Waals surface area contributed by atoms with Crippen molar-refractivity contribution in [3.63, 3.8) is 0 Å². The summed E-state index contributed by atoms with van der Waals surface area (Å²) in [5, 5.41) is 3.02. The molecule has 3 aromatic rings. The number of nitrogens with zero attached hydrogens (tertiary/aromatic N) is 1. The van der Waals surface area contributed by atoms with E-state index >= 15 is 0 Å². The van der Waals surface area contributed by atoms with E-state index in [0.717, 1.165) is 17.0 Å². The Morgan fingerprint density at radius 2 is 1.47 bits per heavy atom. The van der Waals surface area contributed by atoms with E-state index in [1.807, 2.05) is 66.7 Å². The van der Waals surface area contributed by atoms with Crippen LogP contribution in [0, 0.1) is 5.92 Å². The van der Waals surface area contributed by atoms with E-state index in [0.29, 0.717) is 24.3 Å². The summed E-state index contributed by atoms with van der Waals surface area (Å²) in [6, 6.07) is 23.9. The van der Waals surface area contributed by atoms with Crippen molar-refractivity contribution in [2.45, 2.75) is 18.9 Å². The van der Waals surface area contributed by atoms with E-state index in [2.05, 4.69) is 5.32 Å². The van der Waals surface area contributed by atoms with Gasteiger partial charge >= 0.3 is 0 Å². The first-order valence-corrected chi connectivity index (χ1v) is 10.6. The van der Waals surface area contributed by atoms with Crippen LogP contribution in [0.15, 0.2) is 78.9 Å². The van der Waals surface area contributed by atoms with Crippen LogP contribution in [-0.2, 0) is 9.59 Å². The highest BCUT2D eigenvalue weighted by Crippen LogP contribution is 2.40. The minimum atomic E-state index is -0.413. The molecule has 1 aliphatic rings. The summed E-state index contributed by atoms with van der Waals surface area (Å²) in [7, 11) is 3.21. The molecule has 164 valence electrons. The van der Waals surface area contributed by atoms with Gasteiger partial charge in [0, 0.05) is 17.8 Å². The third-order valence-electron chi connectivity index (χ3n) is 5.78. The number of rotatable bonds is 6. The van der Waals surface area contributed by atoms with Gasteiger partial charge in [-0.25, -0.2) is 0 Å². The fourth-order valence-corrected chi connectivity index (χ4v) is 4.16. The van der Waals surface area contributed by atoms with Gasteiger partial charge in [-0.1, -0.05) is 30.3 Å². The van der Waals surface area contributed by atoms with E-state index in [4.69, 9.17) is 9.47 Å². The highest BCUT2D eigenvalue weighted by Gasteiger charge is 2.41. The third kappa shape index (κ3) is 4.44. The van der Waals surface area contributed by atoms with Gasteiger partial charge < -0.3 is 19.7 Å². The van der Waals surface area contributed by atoms with E-state index in [-0.39, 0.29) is 11.8 Å². The van der Waals surface area contributed by atoms with Crippen molar-refractivity contribution in [3.05, 3.63) is 84.4 Å². The highest BCUT2D eigenvalue weighted by atomic mass is 16.5. The number of hydrogen-bond acceptors (Lipinski definition) is 4. The van der Waals surface area contributed by atoms with E-state index in [1.165, 1.54) is 0 Å². The van der Waals surface area contributed by atoms with Crippen LogP contribution >= 0.6 is 0 Å². The monoisotopic (exact) mass is 430 g/mol. The molecule has 1 heterocycles. The Labute approximate surface area is 187 Å². The van der Waals surface area contributed by atoms with Gasteiger partial charge in [-0.15, -0.1) is 0 Å². The summed E-state index contributed by atoms with van der Waals surface area (Å²) in [6.07, 6.45) is 0.781. The van der Waals surface area contributed by atoms with Crippen molar-refractivity contribution in [1.82, 2.24) is 0 Å². The van der Waals surface area contributed by atoms with Gasteiger partial charge in [0.05, 0.1) is 26.2 Å². The molecule has 1 saturated heterocycles. The summed E-state index contributed by atoms with van der Waals surface area (Å²) in [4.78, 5) is 28.2. The molecule has 6 heteroatoms. The van der Waals surface area contributed by atoms with Gasteiger partial charge in [-0.3, -0.25) is 9.59 Å². The molecule has 0 bridgehead atoms. The van der Waals surface area contributed by atoms with Crippen molar-refractivity contribution >= 4 is 23.2 Å². The van der Waals surface area contributed by atoms with Gasteiger partial charge in [-0.05, 0) is 60.5 Å². The molecular weight excluding hydrogens is 404 g/mol. The Hall–Kier alpha value is -3.80. The number of anilines is 2. The highest BCUT2D eigenvalue weighted by molar-refractivity contribution is 6.00. The number of ether oxygens (including phenoxy) is 2. The zero-order valence-corrected chi connectivity index (χ0v) is 18.2. The molecule has 1 fully saturated rings. The summed E-state index contributed by atoms with van der Waals surface area (Å²) >= 11 is 0. The number of piperidine rings is 1. The van der Waals surface area contributed by atoms with Crippen LogP contribution in [0.1, 0.15) is 24.4 Å². The first-order chi connectivity index (χ1) is 15.6. The molecule has 0 aromatic heterocycles. The molecule has 0 spiro atoms. The second kappa shape index (κ2) is 9.56. The maximum atomic E-state index is 13.4. The summed E-state index contributed by atoms with van der Waals surface area (Å²) in [5.41, 5.74) is 2.35. The summed E-state index contributed by atoms with van der Waals surface area (Å²) < 4.78 is 10.5. The molecule has 3 aromatic carbocycles. The first-order valence-electron chi connectivity index (χ1n) is 10.6. The average molecular weight is 431 g/mol. The molecule has 0 aliphatic carbocycles. The molecule has 2 amide bonds. The number of benzene rings is 3. The van der Waals surface area contributed by atoms with Gasteiger partial charge in [0.2, 0.25) is 11.8 Å². The molecule has 0 unspecified atom stereocenters. The van der Waals surface area contributed by atoms with Crippen molar-refractivity contribution in [2.24, 2.45) is 5.92 Å². The Balaban J connectivity index is 1.68. The Kier molecular flexibility index (Phi) is 6.40. The minimum absolute atomic E-state index is 0.00230. The van der Waals surface area contributed by atoms with Gasteiger partial charge in [-0.2, -0.15) is 0 Å². The number of carbonyl (C=O) groups excluding carboxylic acids is 2. The fraction of sp³-hybridized carbons (Fsp3) is 0.231. The standard InChI is InChI=1S/C26H26N2O4/c1-31-21-12-8-19(9-13-21)27-26(30)23-16-17-24(29)28(20-10-14-22(32-2)15-11-20)25(23)18-6-4-3-5-7-18/h3-15,23,25H,16-17H2,1-2H3,(H,27,30)/t23-,25+/m1/s1. The average Bonchev–Trinajstić information content (AvgIpc) is 2.85. The number of hydrogen-bond donors (Lipinski definition) is 1. The fourth-order valence-electron chi connectivity index (χ4n) is 4.16. The van der Waals surface area contributed by atoms with E-state index in [1.54, 1.807) is 31.3 Å². The normalized spacial score (nSPS) is 18.2. The molecule has 0 saturated carbocycles. The molecular formula is C26H26N2O4. The number of carbonyl (C=O) groups is 2. The van der Waals surface area contributed by atoms with Crippen LogP contribution in [0.4, 0.5) is 11.4 Å². The molecule has 32 heavy (non-hydrogen) atoms. The predicted octanol–water partition coefficient (Wildman–Crippen LogP) is 4.83. The number of methoxy groups -OCH3 is 2. The SMILES string of the molecule is COc1ccc(NC(=O)[C@@H]2CCC(=O)N(c3ccc(OC)cc3)[C@H]2c2ccccc2)cc1. The lowest BCUT2D eigenvalue weighted by molar-refractivity contribution is -0.125. The van der Waals surface area contributed by atoms with Gasteiger partial charge in [0.15, 0.2) is 0 Å². The van der Waals surface area contributed by atoms with Crippen LogP contribution in [0.25, 0.3) is 0 Å². The molecule has 6 nitrogen and oxygen atoms in total. The zero-order valence-electron chi connectivity index (χ0n) is 18.2. The van der Waals surface area contributed by atoms with Crippen molar-refractivity contribution in [3.8, 4) is 11.5 Å². The van der Waals surface area contributed by atoms with Crippen LogP contribution in [0.5, 0.6) is 11.5 Å². The smallest absolute Gasteiger partial charge is 0.229 e. The van der Waals surface area contributed by atoms with E-state index < -0.39 is 12.0 Å². The summed E-state index contributed by atoms with van der Waals surface area (Å²) in [5.74, 6) is 0.911. The summed E-state index contributed by atoms with van der Waals surface area (Å²) in [6.45, 7) is 0. The molecule has 1 aliphatic heterocycles. The molecule has 2 atom stereocenters. The lowest BCUT2D eigenvalue weighted by atomic mass is 9.83. The topological polar surface area (TPSA) is 67.9 Å². The quantitative estimate of drug-likeness (QED) is 0.608. The molecule has 0 radical (unpaired) electrons. The van der Waals surface area contributed by atoms with Crippen LogP contribution in [-0.4, -0.2) is 26.0 Å². The molecule has 1 N–H and O–H groups in total. The zero-order chi connectivity index (χ0) is 22.5. The van der Waals surface area contributed by atoms with Crippen molar-refractivity contribution in [1.29, 1.82) is 0 Å². The lowest BCUT2D eigenvalue weighted by Gasteiger charge is -2.41. The minimum Gasteiger partial charge on any atom is -0.497 e. The third-order valence-corrected chi connectivity index (χ3v) is 5.78. The van der Waals surface area contributed by atoms with Gasteiger partial charge in [0.25, 0.3) is 0 Å². The molecule has 4 rings (SSSR count). The lowest BCUT2D eigenvalue weighted by Crippen LogP contribution is -2.46. The van der Waals surface area contributed by atoms with Gasteiger partial charge in [0.1, 0.15) is 11.5 Å². The predicted molar refractivity (Wildman–Crippen MR) is 124 cm³/mol. The van der Waals surface area contributed by atoms with Crippen LogP contribution in [0.2, 0.25) is 0 Å². The van der Waals surface area contributed by atoms with E-state index in [9.17, 15) is 9.59 Å². The number of amides is 2. The largest absolute Gasteiger partial charge is 0.497 e. The maximum absolute atomic E-state index is 13.4. The second-order valence-corrected chi connectivity index (χ2v) is 7.68. The van der Waals surface area contributed by atoms with Crippen LogP contribution in [0.3, 0.4) is 0 Å². The Bertz CT molecular complexity index is 1070. The van der Waals surface area contributed by atoms with Crippen molar-refractivity contribution < 1.29 is 19.1 Å². The van der Waals surface area contributed by atoms with Crippen LogP contribution < -0.4 is 19.7 Å². The first kappa shape index (κ1) is 21.4. The van der Waals surface area contributed by atoms with Crippen molar-refractivity contribution in [2.75, 3.05) is 24.4 Å². The maximum Gasteiger partial charge on any atom is 0.229 e. The Morgan fingerprint density at radius 3 is 2.06 bits per heavy atom.